The van der Waals surface area contributed by atoms with Crippen LogP contribution < -0.4 is 15.4 Å². The van der Waals surface area contributed by atoms with Gasteiger partial charge in [0, 0.05) is 30.6 Å². The molecule has 0 bridgehead atoms. The molecule has 2 aromatic carbocycles. The second-order valence-corrected chi connectivity index (χ2v) is 8.04. The Morgan fingerprint density at radius 1 is 1.09 bits per heavy atom. The number of carbonyl (C=O) groups is 3. The summed E-state index contributed by atoms with van der Waals surface area (Å²) in [5.41, 5.74) is 3.42. The summed E-state index contributed by atoms with van der Waals surface area (Å²) in [4.78, 5) is 38.6. The van der Waals surface area contributed by atoms with E-state index < -0.39 is 11.9 Å². The third kappa shape index (κ3) is 4.81. The van der Waals surface area contributed by atoms with Crippen LogP contribution in [0, 0.1) is 0 Å². The van der Waals surface area contributed by atoms with E-state index in [1.807, 2.05) is 30.3 Å². The average Bonchev–Trinajstić information content (AvgIpc) is 3.03. The minimum atomic E-state index is -0.652. The van der Waals surface area contributed by atoms with Gasteiger partial charge in [-0.3, -0.25) is 19.7 Å². The fourth-order valence-corrected chi connectivity index (χ4v) is 4.11. The third-order valence-corrected chi connectivity index (χ3v) is 5.81. The summed E-state index contributed by atoms with van der Waals surface area (Å²) in [5, 5.41) is 14.4. The van der Waals surface area contributed by atoms with Gasteiger partial charge in [0.15, 0.2) is 0 Å². The molecule has 8 heteroatoms. The van der Waals surface area contributed by atoms with Gasteiger partial charge in [-0.25, -0.2) is 0 Å². The zero-order valence-corrected chi connectivity index (χ0v) is 17.8. The number of benzene rings is 2. The molecule has 1 saturated heterocycles. The van der Waals surface area contributed by atoms with Crippen LogP contribution in [0.1, 0.15) is 46.3 Å². The molecule has 0 unspecified atom stereocenters. The standard InChI is InChI=1S/C24H27N3O5/c28-12-11-25-13-16-7-9-17(10-8-16)15-32-21-5-1-3-18-19(21)14-27(24(18)31)20-4-2-6-22(29)26-23(20)30/h1,3,5,7-10,20,25,28H,2,4,6,11-15H2,(H,26,29,30)/t20-/m0/s1. The van der Waals surface area contributed by atoms with Crippen molar-refractivity contribution in [3.05, 3.63) is 64.7 Å². The summed E-state index contributed by atoms with van der Waals surface area (Å²) in [6.07, 6.45) is 1.33. The minimum absolute atomic E-state index is 0.108. The van der Waals surface area contributed by atoms with Crippen LogP contribution in [0.25, 0.3) is 0 Å². The van der Waals surface area contributed by atoms with E-state index in [2.05, 4.69) is 10.6 Å². The van der Waals surface area contributed by atoms with Crippen molar-refractivity contribution in [2.75, 3.05) is 13.2 Å². The van der Waals surface area contributed by atoms with E-state index in [0.29, 0.717) is 50.3 Å². The lowest BCUT2D eigenvalue weighted by atomic mass is 10.1. The van der Waals surface area contributed by atoms with E-state index in [-0.39, 0.29) is 25.0 Å². The van der Waals surface area contributed by atoms with E-state index in [0.717, 1.165) is 16.7 Å². The van der Waals surface area contributed by atoms with Gasteiger partial charge in [-0.2, -0.15) is 0 Å². The lowest BCUT2D eigenvalue weighted by molar-refractivity contribution is -0.132. The van der Waals surface area contributed by atoms with Gasteiger partial charge < -0.3 is 20.1 Å². The molecule has 1 atom stereocenters. The van der Waals surface area contributed by atoms with Gasteiger partial charge in [0.1, 0.15) is 18.4 Å². The smallest absolute Gasteiger partial charge is 0.255 e. The molecule has 1 fully saturated rings. The Morgan fingerprint density at radius 3 is 2.66 bits per heavy atom. The summed E-state index contributed by atoms with van der Waals surface area (Å²) >= 11 is 0. The number of hydrogen-bond donors (Lipinski definition) is 3. The first-order valence-corrected chi connectivity index (χ1v) is 10.9. The number of aliphatic hydroxyl groups is 1. The molecule has 2 aromatic rings. The van der Waals surface area contributed by atoms with E-state index in [9.17, 15) is 14.4 Å². The number of carbonyl (C=O) groups excluding carboxylic acids is 3. The Morgan fingerprint density at radius 2 is 1.88 bits per heavy atom. The Bertz CT molecular complexity index is 1010. The molecular weight excluding hydrogens is 410 g/mol. The van der Waals surface area contributed by atoms with Crippen LogP contribution in [0.2, 0.25) is 0 Å². The number of hydrogen-bond acceptors (Lipinski definition) is 6. The minimum Gasteiger partial charge on any atom is -0.489 e. The molecule has 0 aliphatic carbocycles. The maximum Gasteiger partial charge on any atom is 0.255 e. The Kier molecular flexibility index (Phi) is 6.82. The monoisotopic (exact) mass is 437 g/mol. The van der Waals surface area contributed by atoms with Crippen molar-refractivity contribution in [3.8, 4) is 5.75 Å². The maximum atomic E-state index is 13.0. The van der Waals surface area contributed by atoms with Crippen molar-refractivity contribution in [2.45, 2.75) is 45.0 Å². The highest BCUT2D eigenvalue weighted by molar-refractivity contribution is 6.04. The Balaban J connectivity index is 1.43. The molecule has 4 rings (SSSR count). The van der Waals surface area contributed by atoms with Crippen molar-refractivity contribution in [3.63, 3.8) is 0 Å². The molecule has 2 heterocycles. The SMILES string of the molecule is O=C1CCC[C@H](N2Cc3c(OCc4ccc(CNCCO)cc4)cccc3C2=O)C(=O)N1. The average molecular weight is 437 g/mol. The van der Waals surface area contributed by atoms with Gasteiger partial charge in [0.05, 0.1) is 13.2 Å². The normalized spacial score (nSPS) is 18.3. The van der Waals surface area contributed by atoms with Crippen LogP contribution >= 0.6 is 0 Å². The molecule has 3 N–H and O–H groups in total. The first kappa shape index (κ1) is 22.0. The van der Waals surface area contributed by atoms with Gasteiger partial charge in [-0.15, -0.1) is 0 Å². The van der Waals surface area contributed by atoms with Gasteiger partial charge in [0.25, 0.3) is 5.91 Å². The molecule has 2 aliphatic heterocycles. The second kappa shape index (κ2) is 9.93. The Labute approximate surface area is 186 Å². The molecule has 32 heavy (non-hydrogen) atoms. The van der Waals surface area contributed by atoms with Gasteiger partial charge in [-0.1, -0.05) is 30.3 Å². The summed E-state index contributed by atoms with van der Waals surface area (Å²) in [6.45, 7) is 1.99. The fourth-order valence-electron chi connectivity index (χ4n) is 4.11. The van der Waals surface area contributed by atoms with Gasteiger partial charge >= 0.3 is 0 Å². The number of rotatable bonds is 8. The number of imide groups is 1. The van der Waals surface area contributed by atoms with Crippen molar-refractivity contribution in [1.29, 1.82) is 0 Å². The van der Waals surface area contributed by atoms with Crippen LogP contribution in [0.3, 0.4) is 0 Å². The van der Waals surface area contributed by atoms with Crippen LogP contribution in [0.5, 0.6) is 5.75 Å². The Hall–Kier alpha value is -3.23. The highest BCUT2D eigenvalue weighted by Gasteiger charge is 2.39. The largest absolute Gasteiger partial charge is 0.489 e. The highest BCUT2D eigenvalue weighted by Crippen LogP contribution is 2.33. The third-order valence-electron chi connectivity index (χ3n) is 5.81. The molecule has 0 aromatic heterocycles. The van der Waals surface area contributed by atoms with Crippen molar-refractivity contribution in [1.82, 2.24) is 15.5 Å². The van der Waals surface area contributed by atoms with Crippen LogP contribution in [-0.2, 0) is 29.3 Å². The van der Waals surface area contributed by atoms with Crippen LogP contribution in [0.4, 0.5) is 0 Å². The molecular formula is C24H27N3O5. The number of aliphatic hydroxyl groups excluding tert-OH is 1. The summed E-state index contributed by atoms with van der Waals surface area (Å²) in [5.74, 6) is -0.289. The van der Waals surface area contributed by atoms with Gasteiger partial charge in [-0.05, 0) is 36.1 Å². The van der Waals surface area contributed by atoms with E-state index in [1.165, 1.54) is 0 Å². The number of ether oxygens (including phenoxy) is 1. The van der Waals surface area contributed by atoms with Crippen LogP contribution in [0.15, 0.2) is 42.5 Å². The topological polar surface area (TPSA) is 108 Å². The molecule has 0 spiro atoms. The number of nitrogens with zero attached hydrogens (tertiary/aromatic N) is 1. The zero-order valence-electron chi connectivity index (χ0n) is 17.8. The number of nitrogens with one attached hydrogen (secondary N) is 2. The van der Waals surface area contributed by atoms with Gasteiger partial charge in [0.2, 0.25) is 11.8 Å². The summed E-state index contributed by atoms with van der Waals surface area (Å²) < 4.78 is 6.04. The fraction of sp³-hybridized carbons (Fsp3) is 0.375. The molecule has 0 saturated carbocycles. The van der Waals surface area contributed by atoms with E-state index in [1.54, 1.807) is 17.0 Å². The first-order valence-electron chi connectivity index (χ1n) is 10.9. The number of fused-ring (bicyclic) bond motifs is 1. The zero-order chi connectivity index (χ0) is 22.5. The molecule has 8 nitrogen and oxygen atoms in total. The van der Waals surface area contributed by atoms with Crippen molar-refractivity contribution in [2.24, 2.45) is 0 Å². The highest BCUT2D eigenvalue weighted by atomic mass is 16.5. The molecule has 3 amide bonds. The summed E-state index contributed by atoms with van der Waals surface area (Å²) in [6, 6.07) is 12.7. The quantitative estimate of drug-likeness (QED) is 0.427. The first-order chi connectivity index (χ1) is 15.6. The van der Waals surface area contributed by atoms with E-state index >= 15 is 0 Å². The van der Waals surface area contributed by atoms with Crippen molar-refractivity contribution < 1.29 is 24.2 Å². The predicted octanol–water partition coefficient (Wildman–Crippen LogP) is 1.50. The molecule has 2 aliphatic rings. The predicted molar refractivity (Wildman–Crippen MR) is 117 cm³/mol. The number of amides is 3. The molecule has 168 valence electrons. The molecule has 0 radical (unpaired) electrons. The lowest BCUT2D eigenvalue weighted by Crippen LogP contribution is -2.46. The van der Waals surface area contributed by atoms with Crippen LogP contribution in [-0.4, -0.2) is 46.9 Å². The van der Waals surface area contributed by atoms with E-state index in [4.69, 9.17) is 9.84 Å². The van der Waals surface area contributed by atoms with Crippen molar-refractivity contribution >= 4 is 17.7 Å². The lowest BCUT2D eigenvalue weighted by Gasteiger charge is -2.24. The second-order valence-electron chi connectivity index (χ2n) is 8.04. The maximum absolute atomic E-state index is 13.0. The summed E-state index contributed by atoms with van der Waals surface area (Å²) in [7, 11) is 0.